The number of hydrogen-bond donors (Lipinski definition) is 1. The molecule has 2 fully saturated rings. The molecule has 2 aliphatic heterocycles. The van der Waals surface area contributed by atoms with E-state index in [1.165, 1.54) is 0 Å². The van der Waals surface area contributed by atoms with E-state index in [-0.39, 0.29) is 22.9 Å². The van der Waals surface area contributed by atoms with Crippen LogP contribution in [0.3, 0.4) is 0 Å². The lowest BCUT2D eigenvalue weighted by atomic mass is 10.1. The first-order chi connectivity index (χ1) is 11.7. The molecule has 0 aromatic carbocycles. The highest BCUT2D eigenvalue weighted by Gasteiger charge is 2.23. The highest BCUT2D eigenvalue weighted by atomic mass is 35.5. The smallest absolute Gasteiger partial charge is 0.272 e. The lowest BCUT2D eigenvalue weighted by Crippen LogP contribution is -2.42. The molecule has 0 saturated carbocycles. The van der Waals surface area contributed by atoms with Crippen LogP contribution in [-0.2, 0) is 9.53 Å². The monoisotopic (exact) mass is 353 g/mol. The summed E-state index contributed by atoms with van der Waals surface area (Å²) in [7, 11) is 0. The summed E-state index contributed by atoms with van der Waals surface area (Å²) < 4.78 is 5.26. The number of morpholine rings is 1. The molecule has 0 bridgehead atoms. The molecule has 2 saturated heterocycles. The molecule has 2 aliphatic rings. The molecule has 130 valence electrons. The van der Waals surface area contributed by atoms with Crippen molar-refractivity contribution in [2.24, 2.45) is 0 Å². The highest BCUT2D eigenvalue weighted by molar-refractivity contribution is 6.28. The third-order valence-corrected chi connectivity index (χ3v) is 4.34. The SMILES string of the molecule is O=CN1CCC[C@H](Nc2cc(C(=O)N3CCOCC3)nc(Cl)n2)C1. The summed E-state index contributed by atoms with van der Waals surface area (Å²) in [5.74, 6) is 0.327. The minimum Gasteiger partial charge on any atom is -0.378 e. The second-order valence-electron chi connectivity index (χ2n) is 5.90. The molecule has 8 nitrogen and oxygen atoms in total. The van der Waals surface area contributed by atoms with Crippen LogP contribution in [0.2, 0.25) is 5.28 Å². The number of hydrogen-bond acceptors (Lipinski definition) is 6. The Morgan fingerprint density at radius 3 is 2.88 bits per heavy atom. The Morgan fingerprint density at radius 2 is 2.12 bits per heavy atom. The molecule has 0 radical (unpaired) electrons. The van der Waals surface area contributed by atoms with Gasteiger partial charge in [0.15, 0.2) is 0 Å². The minimum atomic E-state index is -0.177. The first-order valence-corrected chi connectivity index (χ1v) is 8.41. The lowest BCUT2D eigenvalue weighted by Gasteiger charge is -2.31. The van der Waals surface area contributed by atoms with Crippen molar-refractivity contribution in [1.29, 1.82) is 0 Å². The van der Waals surface area contributed by atoms with E-state index in [2.05, 4.69) is 15.3 Å². The fourth-order valence-electron chi connectivity index (χ4n) is 2.96. The number of piperidine rings is 1. The number of ether oxygens (including phenoxy) is 1. The molecular weight excluding hydrogens is 334 g/mol. The van der Waals surface area contributed by atoms with Crippen molar-refractivity contribution in [2.75, 3.05) is 44.7 Å². The van der Waals surface area contributed by atoms with Crippen molar-refractivity contribution in [3.8, 4) is 0 Å². The predicted molar refractivity (Wildman–Crippen MR) is 88.0 cm³/mol. The Labute approximate surface area is 145 Å². The van der Waals surface area contributed by atoms with E-state index in [9.17, 15) is 9.59 Å². The Bertz CT molecular complexity index is 609. The number of nitrogens with one attached hydrogen (secondary N) is 1. The van der Waals surface area contributed by atoms with Gasteiger partial charge in [-0.15, -0.1) is 0 Å². The molecular formula is C15H20ClN5O3. The summed E-state index contributed by atoms with van der Waals surface area (Å²) in [5.41, 5.74) is 0.266. The third kappa shape index (κ3) is 4.12. The quantitative estimate of drug-likeness (QED) is 0.631. The molecule has 9 heteroatoms. The predicted octanol–water partition coefficient (Wildman–Crippen LogP) is 0.635. The van der Waals surface area contributed by atoms with Crippen LogP contribution in [-0.4, -0.2) is 77.5 Å². The van der Waals surface area contributed by atoms with E-state index < -0.39 is 0 Å². The number of aromatic nitrogens is 2. The summed E-state index contributed by atoms with van der Waals surface area (Å²) in [6.45, 7) is 3.52. The number of likely N-dealkylation sites (tertiary alicyclic amines) is 1. The number of anilines is 1. The Hall–Kier alpha value is -1.93. The number of amides is 2. The lowest BCUT2D eigenvalue weighted by molar-refractivity contribution is -0.119. The maximum absolute atomic E-state index is 12.5. The molecule has 1 N–H and O–H groups in total. The van der Waals surface area contributed by atoms with Crippen LogP contribution in [0.5, 0.6) is 0 Å². The van der Waals surface area contributed by atoms with Crippen LogP contribution < -0.4 is 5.32 Å². The number of rotatable bonds is 4. The van der Waals surface area contributed by atoms with Crippen LogP contribution in [0.25, 0.3) is 0 Å². The number of nitrogens with zero attached hydrogens (tertiary/aromatic N) is 4. The van der Waals surface area contributed by atoms with Crippen molar-refractivity contribution in [1.82, 2.24) is 19.8 Å². The van der Waals surface area contributed by atoms with Gasteiger partial charge in [-0.05, 0) is 24.4 Å². The minimum absolute atomic E-state index is 0.0275. The van der Waals surface area contributed by atoms with Gasteiger partial charge in [-0.3, -0.25) is 9.59 Å². The van der Waals surface area contributed by atoms with Crippen molar-refractivity contribution in [3.63, 3.8) is 0 Å². The highest BCUT2D eigenvalue weighted by Crippen LogP contribution is 2.17. The average Bonchev–Trinajstić information content (AvgIpc) is 2.61. The molecule has 1 aromatic heterocycles. The maximum Gasteiger partial charge on any atom is 0.272 e. The first kappa shape index (κ1) is 16.9. The van der Waals surface area contributed by atoms with Crippen molar-refractivity contribution in [2.45, 2.75) is 18.9 Å². The topological polar surface area (TPSA) is 87.7 Å². The molecule has 3 rings (SSSR count). The fraction of sp³-hybridized carbons (Fsp3) is 0.600. The average molecular weight is 354 g/mol. The van der Waals surface area contributed by atoms with Gasteiger partial charge in [0.25, 0.3) is 5.91 Å². The van der Waals surface area contributed by atoms with Gasteiger partial charge in [0, 0.05) is 38.3 Å². The molecule has 2 amide bonds. The standard InChI is InChI=1S/C15H20ClN5O3/c16-15-18-12(14(23)21-4-6-24-7-5-21)8-13(19-15)17-11-2-1-3-20(9-11)10-22/h8,10-11H,1-7,9H2,(H,17,18,19)/t11-/m0/s1. The molecule has 24 heavy (non-hydrogen) atoms. The van der Waals surface area contributed by atoms with Gasteiger partial charge in [0.1, 0.15) is 11.5 Å². The largest absolute Gasteiger partial charge is 0.378 e. The second kappa shape index (κ2) is 7.76. The van der Waals surface area contributed by atoms with Gasteiger partial charge in [0.05, 0.1) is 13.2 Å². The summed E-state index contributed by atoms with van der Waals surface area (Å²) >= 11 is 5.98. The summed E-state index contributed by atoms with van der Waals surface area (Å²) in [4.78, 5) is 35.1. The molecule has 0 spiro atoms. The number of halogens is 1. The van der Waals surface area contributed by atoms with E-state index in [0.29, 0.717) is 38.7 Å². The van der Waals surface area contributed by atoms with E-state index >= 15 is 0 Å². The van der Waals surface area contributed by atoms with E-state index in [4.69, 9.17) is 16.3 Å². The Balaban J connectivity index is 1.71. The van der Waals surface area contributed by atoms with Crippen molar-refractivity contribution < 1.29 is 14.3 Å². The summed E-state index contributed by atoms with van der Waals surface area (Å²) in [6.07, 6.45) is 2.71. The fourth-order valence-corrected chi connectivity index (χ4v) is 3.14. The van der Waals surface area contributed by atoms with Crippen LogP contribution >= 0.6 is 11.6 Å². The van der Waals surface area contributed by atoms with Crippen LogP contribution in [0, 0.1) is 0 Å². The second-order valence-corrected chi connectivity index (χ2v) is 6.23. The number of carbonyl (C=O) groups excluding carboxylic acids is 2. The zero-order valence-electron chi connectivity index (χ0n) is 13.3. The summed E-state index contributed by atoms with van der Waals surface area (Å²) in [5, 5.41) is 3.28. The van der Waals surface area contributed by atoms with E-state index in [1.807, 2.05) is 0 Å². The Morgan fingerprint density at radius 1 is 1.33 bits per heavy atom. The normalized spacial score (nSPS) is 21.5. The van der Waals surface area contributed by atoms with Gasteiger partial charge in [-0.2, -0.15) is 0 Å². The van der Waals surface area contributed by atoms with Crippen molar-refractivity contribution in [3.05, 3.63) is 17.0 Å². The zero-order valence-corrected chi connectivity index (χ0v) is 14.0. The summed E-state index contributed by atoms with van der Waals surface area (Å²) in [6, 6.07) is 1.70. The van der Waals surface area contributed by atoms with E-state index in [1.54, 1.807) is 15.9 Å². The van der Waals surface area contributed by atoms with Crippen LogP contribution in [0.1, 0.15) is 23.3 Å². The molecule has 0 unspecified atom stereocenters. The third-order valence-electron chi connectivity index (χ3n) is 4.17. The Kier molecular flexibility index (Phi) is 5.47. The zero-order chi connectivity index (χ0) is 16.9. The van der Waals surface area contributed by atoms with Crippen molar-refractivity contribution >= 4 is 29.7 Å². The van der Waals surface area contributed by atoms with Gasteiger partial charge in [-0.25, -0.2) is 9.97 Å². The molecule has 3 heterocycles. The number of carbonyl (C=O) groups is 2. The van der Waals surface area contributed by atoms with E-state index in [0.717, 1.165) is 25.8 Å². The molecule has 1 aromatic rings. The van der Waals surface area contributed by atoms with Gasteiger partial charge in [0.2, 0.25) is 11.7 Å². The molecule has 0 aliphatic carbocycles. The van der Waals surface area contributed by atoms with Crippen LogP contribution in [0.15, 0.2) is 6.07 Å². The first-order valence-electron chi connectivity index (χ1n) is 8.03. The van der Waals surface area contributed by atoms with Gasteiger partial charge < -0.3 is 19.9 Å². The van der Waals surface area contributed by atoms with Gasteiger partial charge in [-0.1, -0.05) is 0 Å². The molecule has 1 atom stereocenters. The van der Waals surface area contributed by atoms with Gasteiger partial charge >= 0.3 is 0 Å². The maximum atomic E-state index is 12.5. The van der Waals surface area contributed by atoms with Crippen LogP contribution in [0.4, 0.5) is 5.82 Å².